The maximum atomic E-state index is 12.9. The fourth-order valence-corrected chi connectivity index (χ4v) is 6.55. The molecule has 1 fully saturated rings. The van der Waals surface area contributed by atoms with Crippen molar-refractivity contribution in [1.29, 1.82) is 0 Å². The fourth-order valence-electron chi connectivity index (χ4n) is 4.01. The van der Waals surface area contributed by atoms with Gasteiger partial charge < -0.3 is 4.74 Å². The van der Waals surface area contributed by atoms with Crippen LogP contribution in [0, 0.1) is 0 Å². The van der Waals surface area contributed by atoms with Crippen LogP contribution < -0.4 is 14.2 Å². The van der Waals surface area contributed by atoms with Crippen LogP contribution in [0.1, 0.15) is 63.0 Å². The third-order valence-corrected chi connectivity index (χ3v) is 9.03. The molecule has 3 rings (SSSR count). The first-order chi connectivity index (χ1) is 15.6. The van der Waals surface area contributed by atoms with Gasteiger partial charge in [-0.2, -0.15) is 0 Å². The molecule has 0 unspecified atom stereocenters. The van der Waals surface area contributed by atoms with Gasteiger partial charge in [-0.25, -0.2) is 26.3 Å². The van der Waals surface area contributed by atoms with Gasteiger partial charge in [0, 0.05) is 12.6 Å². The zero-order chi connectivity index (χ0) is 24.1. The van der Waals surface area contributed by atoms with E-state index in [2.05, 4.69) is 9.44 Å². The van der Waals surface area contributed by atoms with E-state index < -0.39 is 20.0 Å². The van der Waals surface area contributed by atoms with E-state index in [0.717, 1.165) is 43.2 Å². The van der Waals surface area contributed by atoms with Gasteiger partial charge in [0.15, 0.2) is 0 Å². The van der Waals surface area contributed by atoms with Crippen molar-refractivity contribution in [3.8, 4) is 5.75 Å². The lowest BCUT2D eigenvalue weighted by Gasteiger charge is -2.22. The van der Waals surface area contributed by atoms with Gasteiger partial charge in [0.25, 0.3) is 0 Å². The molecule has 0 radical (unpaired) electrons. The summed E-state index contributed by atoms with van der Waals surface area (Å²) in [7, 11) is -5.86. The number of sulfonamides is 2. The summed E-state index contributed by atoms with van der Waals surface area (Å²) >= 11 is 0. The number of benzene rings is 2. The summed E-state index contributed by atoms with van der Waals surface area (Å²) in [5, 5.41) is 0. The van der Waals surface area contributed by atoms with Crippen molar-refractivity contribution >= 4 is 20.0 Å². The minimum Gasteiger partial charge on any atom is -0.495 e. The largest absolute Gasteiger partial charge is 0.495 e. The molecule has 0 spiro atoms. The van der Waals surface area contributed by atoms with Crippen molar-refractivity contribution in [2.45, 2.75) is 74.1 Å². The smallest absolute Gasteiger partial charge is 0.244 e. The molecule has 0 amide bonds. The molecule has 0 saturated heterocycles. The van der Waals surface area contributed by atoms with Crippen molar-refractivity contribution in [2.24, 2.45) is 0 Å². The zero-order valence-electron chi connectivity index (χ0n) is 19.5. The highest BCUT2D eigenvalue weighted by Gasteiger charge is 2.22. The standard InChI is InChI=1S/C24H34N2O5S2/c1-18(2)20-11-14-23(31-3)24(17-20)33(29,30)25-16-15-19-9-12-22(13-10-19)32(27,28)26-21-7-5-4-6-8-21/h9-14,17-18,21,25-26H,4-8,15-16H2,1-3H3. The van der Waals surface area contributed by atoms with Crippen molar-refractivity contribution in [2.75, 3.05) is 13.7 Å². The Bertz CT molecular complexity index is 1140. The molecular formula is C24H34N2O5S2. The molecule has 7 nitrogen and oxygen atoms in total. The molecule has 182 valence electrons. The summed E-state index contributed by atoms with van der Waals surface area (Å²) in [6.07, 6.45) is 5.45. The molecule has 1 saturated carbocycles. The molecule has 1 aliphatic carbocycles. The van der Waals surface area contributed by atoms with Crippen LogP contribution in [0.25, 0.3) is 0 Å². The topological polar surface area (TPSA) is 102 Å². The van der Waals surface area contributed by atoms with Gasteiger partial charge in [0.2, 0.25) is 20.0 Å². The molecule has 0 bridgehead atoms. The van der Waals surface area contributed by atoms with Gasteiger partial charge in [0.05, 0.1) is 12.0 Å². The maximum absolute atomic E-state index is 12.9. The first-order valence-corrected chi connectivity index (χ1v) is 14.4. The highest BCUT2D eigenvalue weighted by molar-refractivity contribution is 7.89. The third kappa shape index (κ3) is 6.79. The number of methoxy groups -OCH3 is 1. The van der Waals surface area contributed by atoms with E-state index in [9.17, 15) is 16.8 Å². The minimum atomic E-state index is -3.76. The van der Waals surface area contributed by atoms with E-state index in [0.29, 0.717) is 12.2 Å². The van der Waals surface area contributed by atoms with Crippen LogP contribution in [0.5, 0.6) is 5.75 Å². The normalized spacial score (nSPS) is 15.6. The third-order valence-electron chi connectivity index (χ3n) is 6.01. The Morgan fingerprint density at radius 2 is 1.61 bits per heavy atom. The predicted molar refractivity (Wildman–Crippen MR) is 130 cm³/mol. The van der Waals surface area contributed by atoms with Gasteiger partial charge in [-0.1, -0.05) is 51.3 Å². The first-order valence-electron chi connectivity index (χ1n) is 11.4. The molecule has 33 heavy (non-hydrogen) atoms. The van der Waals surface area contributed by atoms with Crippen LogP contribution in [0.4, 0.5) is 0 Å². The molecule has 0 atom stereocenters. The lowest BCUT2D eigenvalue weighted by Crippen LogP contribution is -2.36. The Balaban J connectivity index is 1.62. The summed E-state index contributed by atoms with van der Waals surface area (Å²) < 4.78 is 61.7. The van der Waals surface area contributed by atoms with E-state index in [1.807, 2.05) is 19.9 Å². The molecule has 0 heterocycles. The van der Waals surface area contributed by atoms with Gasteiger partial charge in [-0.15, -0.1) is 0 Å². The Hall–Kier alpha value is -1.94. The van der Waals surface area contributed by atoms with Crippen LogP contribution in [-0.4, -0.2) is 36.5 Å². The number of rotatable bonds is 10. The van der Waals surface area contributed by atoms with Crippen molar-refractivity contribution in [3.63, 3.8) is 0 Å². The summed E-state index contributed by atoms with van der Waals surface area (Å²) in [6.45, 7) is 4.18. The predicted octanol–water partition coefficient (Wildman–Crippen LogP) is 3.95. The average Bonchev–Trinajstić information content (AvgIpc) is 2.79. The first kappa shape index (κ1) is 25.7. The summed E-state index contributed by atoms with van der Waals surface area (Å²) in [5.41, 5.74) is 1.76. The molecule has 1 aliphatic rings. The molecule has 0 aromatic heterocycles. The molecule has 2 aromatic carbocycles. The van der Waals surface area contributed by atoms with Crippen molar-refractivity contribution in [3.05, 3.63) is 53.6 Å². The van der Waals surface area contributed by atoms with Crippen LogP contribution in [0.3, 0.4) is 0 Å². The Morgan fingerprint density at radius 3 is 2.21 bits per heavy atom. The highest BCUT2D eigenvalue weighted by Crippen LogP contribution is 2.28. The van der Waals surface area contributed by atoms with E-state index >= 15 is 0 Å². The SMILES string of the molecule is COc1ccc(C(C)C)cc1S(=O)(=O)NCCc1ccc(S(=O)(=O)NC2CCCCC2)cc1. The summed E-state index contributed by atoms with van der Waals surface area (Å²) in [5.74, 6) is 0.485. The summed E-state index contributed by atoms with van der Waals surface area (Å²) in [6, 6.07) is 11.8. The van der Waals surface area contributed by atoms with Gasteiger partial charge in [-0.3, -0.25) is 0 Å². The second kappa shape index (κ2) is 11.0. The molecule has 2 N–H and O–H groups in total. The van der Waals surface area contributed by atoms with Gasteiger partial charge in [0.1, 0.15) is 10.6 Å². The number of hydrogen-bond donors (Lipinski definition) is 2. The molecule has 9 heteroatoms. The van der Waals surface area contributed by atoms with Gasteiger partial charge >= 0.3 is 0 Å². The quantitative estimate of drug-likeness (QED) is 0.521. The van der Waals surface area contributed by atoms with Crippen LogP contribution in [0.15, 0.2) is 52.3 Å². The number of nitrogens with one attached hydrogen (secondary N) is 2. The van der Waals surface area contributed by atoms with Crippen molar-refractivity contribution in [1.82, 2.24) is 9.44 Å². The van der Waals surface area contributed by atoms with E-state index in [4.69, 9.17) is 4.74 Å². The Labute approximate surface area is 198 Å². The Morgan fingerprint density at radius 1 is 0.939 bits per heavy atom. The van der Waals surface area contributed by atoms with Crippen LogP contribution >= 0.6 is 0 Å². The number of ether oxygens (including phenoxy) is 1. The van der Waals surface area contributed by atoms with Crippen LogP contribution in [-0.2, 0) is 26.5 Å². The Kier molecular flexibility index (Phi) is 8.55. The highest BCUT2D eigenvalue weighted by atomic mass is 32.2. The van der Waals surface area contributed by atoms with E-state index in [1.165, 1.54) is 7.11 Å². The maximum Gasteiger partial charge on any atom is 0.244 e. The summed E-state index contributed by atoms with van der Waals surface area (Å²) in [4.78, 5) is 0.346. The van der Waals surface area contributed by atoms with Crippen molar-refractivity contribution < 1.29 is 21.6 Å². The van der Waals surface area contributed by atoms with E-state index in [1.54, 1.807) is 36.4 Å². The molecular weight excluding hydrogens is 460 g/mol. The van der Waals surface area contributed by atoms with E-state index in [-0.39, 0.29) is 28.3 Å². The second-order valence-electron chi connectivity index (χ2n) is 8.81. The zero-order valence-corrected chi connectivity index (χ0v) is 21.1. The lowest BCUT2D eigenvalue weighted by molar-refractivity contribution is 0.402. The van der Waals surface area contributed by atoms with Crippen LogP contribution in [0.2, 0.25) is 0 Å². The molecule has 0 aliphatic heterocycles. The van der Waals surface area contributed by atoms with Gasteiger partial charge in [-0.05, 0) is 60.6 Å². The average molecular weight is 495 g/mol. The minimum absolute atomic E-state index is 0.00372. The number of hydrogen-bond acceptors (Lipinski definition) is 5. The lowest BCUT2D eigenvalue weighted by atomic mass is 9.96. The monoisotopic (exact) mass is 494 g/mol. The second-order valence-corrected chi connectivity index (χ2v) is 12.3. The molecule has 2 aromatic rings. The fraction of sp³-hybridized carbons (Fsp3) is 0.500.